The molecule has 0 amide bonds. The van der Waals surface area contributed by atoms with Crippen molar-refractivity contribution in [1.82, 2.24) is 0 Å². The lowest BCUT2D eigenvalue weighted by atomic mass is 9.55. The molecular weight excluding hydrogens is 314 g/mol. The van der Waals surface area contributed by atoms with Gasteiger partial charge in [0.25, 0.3) is 0 Å². The highest BCUT2D eigenvalue weighted by Gasteiger charge is 2.70. The molecule has 1 spiro atoms. The van der Waals surface area contributed by atoms with Gasteiger partial charge < -0.3 is 5.73 Å². The second kappa shape index (κ2) is 5.63. The zero-order valence-electron chi connectivity index (χ0n) is 15.9. The number of fused-ring (bicyclic) bond motifs is 10. The van der Waals surface area contributed by atoms with Crippen LogP contribution in [0.4, 0.5) is 0 Å². The largest absolute Gasteiger partial charge is 0.399 e. The fourth-order valence-corrected chi connectivity index (χ4v) is 9.00. The van der Waals surface area contributed by atoms with Crippen LogP contribution in [0.1, 0.15) is 51.4 Å². The smallest absolute Gasteiger partial charge is 0.0273 e. The van der Waals surface area contributed by atoms with E-state index in [0.29, 0.717) is 11.3 Å². The maximum absolute atomic E-state index is 6.41. The van der Waals surface area contributed by atoms with E-state index in [-0.39, 0.29) is 0 Å². The predicted molar refractivity (Wildman–Crippen MR) is 107 cm³/mol. The third-order valence-corrected chi connectivity index (χ3v) is 9.48. The van der Waals surface area contributed by atoms with Gasteiger partial charge in [-0.05, 0) is 97.4 Å². The second-order valence-corrected chi connectivity index (χ2v) is 10.1. The minimum absolute atomic E-state index is 0.453. The van der Waals surface area contributed by atoms with Gasteiger partial charge in [-0.15, -0.1) is 0 Å². The van der Waals surface area contributed by atoms with Gasteiger partial charge in [-0.2, -0.15) is 0 Å². The molecule has 6 rings (SSSR count). The van der Waals surface area contributed by atoms with Gasteiger partial charge in [0.2, 0.25) is 0 Å². The number of nitrogens with two attached hydrogens (primary N) is 1. The Morgan fingerprint density at radius 2 is 1.50 bits per heavy atom. The van der Waals surface area contributed by atoms with Crippen LogP contribution in [0.3, 0.4) is 0 Å². The first-order valence-electron chi connectivity index (χ1n) is 11.3. The Morgan fingerprint density at radius 1 is 0.769 bits per heavy atom. The lowest BCUT2D eigenvalue weighted by Gasteiger charge is -2.48. The molecule has 0 heterocycles. The van der Waals surface area contributed by atoms with Crippen molar-refractivity contribution in [3.63, 3.8) is 0 Å². The Hall–Kier alpha value is -1.24. The summed E-state index contributed by atoms with van der Waals surface area (Å²) in [4.78, 5) is 0. The molecule has 0 bridgehead atoms. The Balaban J connectivity index is 1.58. The van der Waals surface area contributed by atoms with E-state index in [4.69, 9.17) is 5.73 Å². The fourth-order valence-electron chi connectivity index (χ4n) is 9.00. The van der Waals surface area contributed by atoms with E-state index in [2.05, 4.69) is 42.5 Å². The maximum atomic E-state index is 6.41. The highest BCUT2D eigenvalue weighted by Crippen LogP contribution is 2.75. The quantitative estimate of drug-likeness (QED) is 0.566. The molecule has 6 aliphatic rings. The number of rotatable bonds is 0. The first-order chi connectivity index (χ1) is 12.8. The molecule has 138 valence electrons. The van der Waals surface area contributed by atoms with E-state index >= 15 is 0 Å². The summed E-state index contributed by atoms with van der Waals surface area (Å²) in [6.07, 6.45) is 29.0. The van der Waals surface area contributed by atoms with Gasteiger partial charge in [-0.25, -0.2) is 0 Å². The Morgan fingerprint density at radius 3 is 2.35 bits per heavy atom. The molecule has 0 aromatic rings. The molecule has 3 saturated carbocycles. The molecule has 0 aromatic carbocycles. The van der Waals surface area contributed by atoms with Crippen molar-refractivity contribution in [2.45, 2.75) is 51.4 Å². The first-order valence-corrected chi connectivity index (χ1v) is 11.3. The normalized spacial score (nSPS) is 53.8. The van der Waals surface area contributed by atoms with Gasteiger partial charge in [0.1, 0.15) is 0 Å². The zero-order valence-corrected chi connectivity index (χ0v) is 15.9. The van der Waals surface area contributed by atoms with Gasteiger partial charge in [-0.1, -0.05) is 49.3 Å². The standard InChI is InChI=1S/C25H33N/c26-16-13-14-20-19-9-3-6-12-23(19)25(24(20)15-16)21-10-4-1-7-17(21)18-8-2-5-11-22(18)25/h4,6,10,12-15,17-24H,1-3,5,7-9,11,26H2. The third-order valence-electron chi connectivity index (χ3n) is 9.48. The Kier molecular flexibility index (Phi) is 3.42. The average molecular weight is 348 g/mol. The van der Waals surface area contributed by atoms with Crippen molar-refractivity contribution in [1.29, 1.82) is 0 Å². The highest BCUT2D eigenvalue weighted by atomic mass is 14.7. The van der Waals surface area contributed by atoms with Crippen LogP contribution >= 0.6 is 0 Å². The summed E-state index contributed by atoms with van der Waals surface area (Å²) in [5.74, 6) is 6.68. The van der Waals surface area contributed by atoms with Crippen molar-refractivity contribution >= 4 is 0 Å². The Bertz CT molecular complexity index is 712. The number of hydrogen-bond acceptors (Lipinski definition) is 1. The van der Waals surface area contributed by atoms with E-state index < -0.39 is 0 Å². The van der Waals surface area contributed by atoms with Crippen LogP contribution in [-0.4, -0.2) is 0 Å². The fraction of sp³-hybridized carbons (Fsp3) is 0.680. The van der Waals surface area contributed by atoms with Gasteiger partial charge >= 0.3 is 0 Å². The number of hydrogen-bond donors (Lipinski definition) is 1. The summed E-state index contributed by atoms with van der Waals surface area (Å²) in [6, 6.07) is 0. The van der Waals surface area contributed by atoms with Crippen molar-refractivity contribution in [3.8, 4) is 0 Å². The summed E-state index contributed by atoms with van der Waals surface area (Å²) in [6.45, 7) is 0. The van der Waals surface area contributed by atoms with Gasteiger partial charge in [0.05, 0.1) is 0 Å². The minimum atomic E-state index is 0.453. The lowest BCUT2D eigenvalue weighted by molar-refractivity contribution is 0.0390. The topological polar surface area (TPSA) is 26.0 Å². The number of allylic oxidation sites excluding steroid dienone is 7. The van der Waals surface area contributed by atoms with Crippen molar-refractivity contribution < 1.29 is 0 Å². The average Bonchev–Trinajstić information content (AvgIpc) is 3.15. The van der Waals surface area contributed by atoms with Crippen LogP contribution in [0.25, 0.3) is 0 Å². The molecule has 0 aliphatic heterocycles. The molecule has 0 radical (unpaired) electrons. The zero-order chi connectivity index (χ0) is 17.3. The van der Waals surface area contributed by atoms with Gasteiger partial charge in [0.15, 0.2) is 0 Å². The van der Waals surface area contributed by atoms with Gasteiger partial charge in [-0.3, -0.25) is 0 Å². The lowest BCUT2D eigenvalue weighted by Crippen LogP contribution is -2.44. The van der Waals surface area contributed by atoms with E-state index in [1.165, 1.54) is 51.4 Å². The summed E-state index contributed by atoms with van der Waals surface area (Å²) in [5.41, 5.74) is 7.89. The molecule has 3 fully saturated rings. The van der Waals surface area contributed by atoms with Crippen LogP contribution < -0.4 is 5.73 Å². The molecule has 6 aliphatic carbocycles. The predicted octanol–water partition coefficient (Wildman–Crippen LogP) is 5.62. The molecule has 1 nitrogen and oxygen atoms in total. The van der Waals surface area contributed by atoms with E-state index in [1.54, 1.807) is 0 Å². The van der Waals surface area contributed by atoms with Crippen LogP contribution in [0, 0.1) is 52.8 Å². The van der Waals surface area contributed by atoms with Crippen LogP contribution in [-0.2, 0) is 0 Å². The second-order valence-electron chi connectivity index (χ2n) is 10.1. The summed E-state index contributed by atoms with van der Waals surface area (Å²) in [7, 11) is 0. The molecule has 9 unspecified atom stereocenters. The maximum Gasteiger partial charge on any atom is 0.0273 e. The monoisotopic (exact) mass is 347 g/mol. The first kappa shape index (κ1) is 15.8. The van der Waals surface area contributed by atoms with Gasteiger partial charge in [0, 0.05) is 5.70 Å². The van der Waals surface area contributed by atoms with E-state index in [9.17, 15) is 0 Å². The van der Waals surface area contributed by atoms with Crippen LogP contribution in [0.5, 0.6) is 0 Å². The van der Waals surface area contributed by atoms with Crippen LogP contribution in [0.2, 0.25) is 0 Å². The Labute approximate surface area is 158 Å². The summed E-state index contributed by atoms with van der Waals surface area (Å²) >= 11 is 0. The third kappa shape index (κ3) is 1.83. The summed E-state index contributed by atoms with van der Waals surface area (Å²) < 4.78 is 0. The molecule has 0 aromatic heterocycles. The molecule has 0 saturated heterocycles. The molecule has 2 N–H and O–H groups in total. The molecule has 1 heteroatoms. The molecule has 9 atom stereocenters. The van der Waals surface area contributed by atoms with E-state index in [0.717, 1.165) is 47.1 Å². The van der Waals surface area contributed by atoms with Crippen molar-refractivity contribution in [2.24, 2.45) is 58.5 Å². The SMILES string of the molecule is NC1=CC2C(C=C1)C1CCC=CC1C21C2C=CCCC2C2CCCCC21. The van der Waals surface area contributed by atoms with E-state index in [1.807, 2.05) is 0 Å². The minimum Gasteiger partial charge on any atom is -0.399 e. The summed E-state index contributed by atoms with van der Waals surface area (Å²) in [5, 5.41) is 0. The molecular formula is C25H33N. The van der Waals surface area contributed by atoms with Crippen LogP contribution in [0.15, 0.2) is 48.2 Å². The highest BCUT2D eigenvalue weighted by molar-refractivity contribution is 5.35. The van der Waals surface area contributed by atoms with Crippen molar-refractivity contribution in [2.75, 3.05) is 0 Å². The van der Waals surface area contributed by atoms with Crippen molar-refractivity contribution in [3.05, 3.63) is 48.2 Å². The molecule has 26 heavy (non-hydrogen) atoms.